The highest BCUT2D eigenvalue weighted by molar-refractivity contribution is 5.68. The zero-order valence-electron chi connectivity index (χ0n) is 19.5. The molecule has 1 aromatic carbocycles. The molecule has 0 aliphatic carbocycles. The number of carbonyl (C=O) groups excluding carboxylic acids is 1. The van der Waals surface area contributed by atoms with E-state index in [9.17, 15) is 19.6 Å². The van der Waals surface area contributed by atoms with Gasteiger partial charge in [-0.1, -0.05) is 6.92 Å². The second-order valence-electron chi connectivity index (χ2n) is 9.59. The van der Waals surface area contributed by atoms with Crippen LogP contribution in [0.2, 0.25) is 0 Å². The third kappa shape index (κ3) is 4.68. The van der Waals surface area contributed by atoms with E-state index in [-0.39, 0.29) is 34.8 Å². The highest BCUT2D eigenvalue weighted by atomic mass is 19.1. The Hall–Kier alpha value is -3.45. The molecule has 1 saturated heterocycles. The Morgan fingerprint density at radius 2 is 2.03 bits per heavy atom. The van der Waals surface area contributed by atoms with Gasteiger partial charge in [0.05, 0.1) is 30.9 Å². The van der Waals surface area contributed by atoms with Crippen LogP contribution in [-0.4, -0.2) is 47.8 Å². The number of ether oxygens (including phenoxy) is 1. The van der Waals surface area contributed by atoms with Gasteiger partial charge in [-0.3, -0.25) is 4.48 Å². The van der Waals surface area contributed by atoms with E-state index >= 15 is 0 Å². The second-order valence-corrected chi connectivity index (χ2v) is 9.59. The predicted octanol–water partition coefficient (Wildman–Crippen LogP) is 2.19. The Kier molecular flexibility index (Phi) is 6.47. The van der Waals surface area contributed by atoms with E-state index in [0.29, 0.717) is 41.1 Å². The van der Waals surface area contributed by atoms with E-state index in [1.807, 2.05) is 0 Å². The number of carboxylic acid groups (broad SMARTS) is 1. The Morgan fingerprint density at radius 1 is 1.33 bits per heavy atom. The van der Waals surface area contributed by atoms with Crippen molar-refractivity contribution >= 4 is 17.9 Å². The molecule has 0 bridgehead atoms. The summed E-state index contributed by atoms with van der Waals surface area (Å²) in [5.74, 6) is 0.161. The van der Waals surface area contributed by atoms with Crippen LogP contribution in [0.5, 0.6) is 5.75 Å². The molecule has 1 unspecified atom stereocenters. The van der Waals surface area contributed by atoms with Crippen LogP contribution in [0, 0.1) is 23.1 Å². The lowest BCUT2D eigenvalue weighted by Gasteiger charge is -2.53. The molecule has 33 heavy (non-hydrogen) atoms. The lowest BCUT2D eigenvalue weighted by molar-refractivity contribution is -0.252. The normalized spacial score (nSPS) is 22.9. The van der Waals surface area contributed by atoms with Crippen LogP contribution in [0.15, 0.2) is 18.2 Å². The molecular weight excluding hydrogens is 427 g/mol. The van der Waals surface area contributed by atoms with Gasteiger partial charge in [0.1, 0.15) is 35.8 Å². The van der Waals surface area contributed by atoms with Gasteiger partial charge in [-0.15, -0.1) is 0 Å². The van der Waals surface area contributed by atoms with E-state index in [4.69, 9.17) is 10.5 Å². The fourth-order valence-corrected chi connectivity index (χ4v) is 4.79. The fourth-order valence-electron chi connectivity index (χ4n) is 4.79. The van der Waals surface area contributed by atoms with Crippen LogP contribution >= 0.6 is 0 Å². The molecule has 3 rings (SSSR count). The SMILES string of the molecule is COc1cc(-c2cc([N+]3(C(C)(C)C)C[C@H](C)C[C@@H](NC(=O)[O-])C3)nc(N)n2)cc(F)c1C#N. The number of nitrogens with one attached hydrogen (secondary N) is 1. The van der Waals surface area contributed by atoms with Crippen molar-refractivity contribution in [2.75, 3.05) is 25.9 Å². The summed E-state index contributed by atoms with van der Waals surface area (Å²) in [7, 11) is 1.36. The molecule has 1 fully saturated rings. The lowest BCUT2D eigenvalue weighted by atomic mass is 9.87. The quantitative estimate of drug-likeness (QED) is 0.673. The van der Waals surface area contributed by atoms with Crippen LogP contribution < -0.4 is 25.4 Å². The van der Waals surface area contributed by atoms with Gasteiger partial charge >= 0.3 is 0 Å². The number of nitriles is 1. The number of aromatic nitrogens is 2. The maximum atomic E-state index is 14.6. The monoisotopic (exact) mass is 456 g/mol. The molecule has 2 heterocycles. The molecule has 3 N–H and O–H groups in total. The zero-order chi connectivity index (χ0) is 24.6. The number of rotatable bonds is 4. The van der Waals surface area contributed by atoms with E-state index in [0.717, 1.165) is 0 Å². The summed E-state index contributed by atoms with van der Waals surface area (Å²) in [4.78, 5) is 20.1. The molecule has 0 radical (unpaired) electrons. The number of hydrogen-bond acceptors (Lipinski definition) is 7. The number of benzene rings is 1. The Balaban J connectivity index is 2.18. The molecule has 3 atom stereocenters. The topological polar surface area (TPSA) is 137 Å². The average molecular weight is 457 g/mol. The van der Waals surface area contributed by atoms with Gasteiger partial charge in [-0.25, -0.2) is 9.37 Å². The minimum Gasteiger partial charge on any atom is -0.530 e. The molecule has 2 aromatic rings. The number of quaternary nitrogens is 1. The number of methoxy groups -OCH3 is 1. The Bertz CT molecular complexity index is 1110. The number of nitrogens with zero attached hydrogens (tertiary/aromatic N) is 4. The lowest BCUT2D eigenvalue weighted by Crippen LogP contribution is -2.71. The summed E-state index contributed by atoms with van der Waals surface area (Å²) in [6.45, 7) is 9.39. The molecule has 0 spiro atoms. The van der Waals surface area contributed by atoms with Gasteiger partial charge in [0.25, 0.3) is 0 Å². The van der Waals surface area contributed by atoms with Crippen molar-refractivity contribution in [2.24, 2.45) is 5.92 Å². The first-order chi connectivity index (χ1) is 15.4. The van der Waals surface area contributed by atoms with Crippen LogP contribution in [0.1, 0.15) is 39.7 Å². The average Bonchev–Trinajstić information content (AvgIpc) is 2.70. The summed E-state index contributed by atoms with van der Waals surface area (Å²) >= 11 is 0. The minimum atomic E-state index is -1.32. The third-order valence-corrected chi connectivity index (χ3v) is 6.30. The molecule has 176 valence electrons. The number of piperidine rings is 1. The van der Waals surface area contributed by atoms with Gasteiger partial charge in [0.2, 0.25) is 11.8 Å². The third-order valence-electron chi connectivity index (χ3n) is 6.30. The van der Waals surface area contributed by atoms with Crippen LogP contribution in [0.4, 0.5) is 21.0 Å². The maximum absolute atomic E-state index is 14.6. The van der Waals surface area contributed by atoms with E-state index in [1.54, 1.807) is 12.1 Å². The zero-order valence-corrected chi connectivity index (χ0v) is 19.5. The molecule has 1 aliphatic heterocycles. The number of likely N-dealkylation sites (tertiary alicyclic amines) is 1. The smallest absolute Gasteiger partial charge is 0.233 e. The van der Waals surface area contributed by atoms with Crippen molar-refractivity contribution in [1.29, 1.82) is 5.26 Å². The van der Waals surface area contributed by atoms with Crippen molar-refractivity contribution in [1.82, 2.24) is 19.8 Å². The van der Waals surface area contributed by atoms with Gasteiger partial charge in [0.15, 0.2) is 0 Å². The van der Waals surface area contributed by atoms with Crippen molar-refractivity contribution in [3.8, 4) is 23.1 Å². The maximum Gasteiger partial charge on any atom is 0.233 e. The number of halogens is 1. The van der Waals surface area contributed by atoms with Crippen molar-refractivity contribution in [2.45, 2.75) is 45.7 Å². The second kappa shape index (κ2) is 8.83. The standard InChI is InChI=1S/C23H29FN6O3/c1-13-6-15(27-22(31)32)12-30(11-13,23(2,3)4)20-9-18(28-21(26)29-20)14-7-17(24)16(10-25)19(8-14)33-5/h7-9,13,15,27H,6,11-12H2,1-5H3,(H2-,26,28,29,31,32)/t13-,15-,30?/m1/s1. The summed E-state index contributed by atoms with van der Waals surface area (Å²) in [6, 6.07) is 5.97. The highest BCUT2D eigenvalue weighted by Crippen LogP contribution is 2.40. The van der Waals surface area contributed by atoms with Crippen LogP contribution in [0.3, 0.4) is 0 Å². The van der Waals surface area contributed by atoms with Gasteiger partial charge in [0, 0.05) is 17.5 Å². The molecule has 1 aliphatic rings. The van der Waals surface area contributed by atoms with E-state index in [2.05, 4.69) is 43.0 Å². The number of amides is 1. The molecule has 1 amide bonds. The van der Waals surface area contributed by atoms with Crippen molar-refractivity contribution < 1.29 is 19.0 Å². The van der Waals surface area contributed by atoms with E-state index in [1.165, 1.54) is 19.2 Å². The molecule has 1 aromatic heterocycles. The van der Waals surface area contributed by atoms with E-state index < -0.39 is 11.9 Å². The largest absolute Gasteiger partial charge is 0.530 e. The summed E-state index contributed by atoms with van der Waals surface area (Å²) in [5, 5.41) is 23.0. The summed E-state index contributed by atoms with van der Waals surface area (Å²) in [5.41, 5.74) is 6.30. The first-order valence-electron chi connectivity index (χ1n) is 10.7. The first kappa shape index (κ1) is 24.2. The molecular formula is C23H29FN6O3. The fraction of sp³-hybridized carbons (Fsp3) is 0.478. The first-order valence-corrected chi connectivity index (χ1v) is 10.7. The number of nitrogen functional groups attached to an aromatic ring is 1. The Morgan fingerprint density at radius 3 is 2.61 bits per heavy atom. The van der Waals surface area contributed by atoms with Crippen LogP contribution in [0.25, 0.3) is 11.3 Å². The number of carbonyl (C=O) groups is 1. The number of nitrogens with two attached hydrogens (primary N) is 1. The highest BCUT2D eigenvalue weighted by Gasteiger charge is 2.49. The van der Waals surface area contributed by atoms with Gasteiger partial charge in [-0.2, -0.15) is 10.2 Å². The molecule has 0 saturated carbocycles. The van der Waals surface area contributed by atoms with Crippen molar-refractivity contribution in [3.05, 3.63) is 29.6 Å². The summed E-state index contributed by atoms with van der Waals surface area (Å²) in [6.07, 6.45) is -0.639. The van der Waals surface area contributed by atoms with Crippen LogP contribution in [-0.2, 0) is 0 Å². The molecule has 9 nitrogen and oxygen atoms in total. The predicted molar refractivity (Wildman–Crippen MR) is 120 cm³/mol. The Labute approximate surface area is 192 Å². The van der Waals surface area contributed by atoms with Gasteiger partial charge < -0.3 is 25.7 Å². The van der Waals surface area contributed by atoms with Gasteiger partial charge in [-0.05, 0) is 39.3 Å². The summed E-state index contributed by atoms with van der Waals surface area (Å²) < 4.78 is 20.1. The minimum absolute atomic E-state index is 0.00983. The number of anilines is 1. The molecule has 10 heteroatoms. The van der Waals surface area contributed by atoms with Crippen molar-refractivity contribution in [3.63, 3.8) is 0 Å². The number of hydrogen-bond donors (Lipinski definition) is 2.